The van der Waals surface area contributed by atoms with Crippen LogP contribution in [-0.4, -0.2) is 6.71 Å². The van der Waals surface area contributed by atoms with Crippen LogP contribution in [0.3, 0.4) is 0 Å². The van der Waals surface area contributed by atoms with Crippen molar-refractivity contribution in [3.8, 4) is 11.1 Å². The first-order valence-electron chi connectivity index (χ1n) is 28.6. The molecule has 0 radical (unpaired) electrons. The van der Waals surface area contributed by atoms with Gasteiger partial charge in [0.15, 0.2) is 0 Å². The van der Waals surface area contributed by atoms with Crippen LogP contribution in [0.5, 0.6) is 0 Å². The Kier molecular flexibility index (Phi) is 10.8. The van der Waals surface area contributed by atoms with Gasteiger partial charge < -0.3 is 9.80 Å². The number of benzene rings is 5. The molecule has 5 aromatic carbocycles. The zero-order valence-electron chi connectivity index (χ0n) is 48.6. The van der Waals surface area contributed by atoms with E-state index in [0.29, 0.717) is 5.92 Å². The molecular formula is C70H85BN2S. The molecule has 2 aliphatic heterocycles. The first-order valence-corrected chi connectivity index (χ1v) is 29.4. The van der Waals surface area contributed by atoms with Gasteiger partial charge in [0, 0.05) is 33.0 Å². The van der Waals surface area contributed by atoms with Crippen LogP contribution >= 0.6 is 11.3 Å². The van der Waals surface area contributed by atoms with E-state index >= 15 is 0 Å². The summed E-state index contributed by atoms with van der Waals surface area (Å²) in [4.78, 5) is 5.60. The number of hydrogen-bond donors (Lipinski definition) is 0. The molecule has 6 aromatic rings. The van der Waals surface area contributed by atoms with Gasteiger partial charge in [-0.15, -0.1) is 11.3 Å². The van der Waals surface area contributed by atoms with Crippen LogP contribution in [-0.2, 0) is 32.5 Å². The molecule has 1 fully saturated rings. The van der Waals surface area contributed by atoms with Crippen LogP contribution in [0.25, 0.3) is 21.2 Å². The summed E-state index contributed by atoms with van der Waals surface area (Å²) in [7, 11) is 0. The highest BCUT2D eigenvalue weighted by atomic mass is 32.1. The molecule has 1 atom stereocenters. The Labute approximate surface area is 451 Å². The lowest BCUT2D eigenvalue weighted by Crippen LogP contribution is -2.57. The molecule has 6 aliphatic rings. The number of rotatable bonds is 3. The van der Waals surface area contributed by atoms with E-state index in [1.54, 1.807) is 22.2 Å². The van der Waals surface area contributed by atoms with Gasteiger partial charge in [0.2, 0.25) is 6.71 Å². The molecule has 2 nitrogen and oxygen atoms in total. The van der Waals surface area contributed by atoms with Crippen molar-refractivity contribution in [1.82, 2.24) is 0 Å². The molecule has 0 N–H and O–H groups in total. The topological polar surface area (TPSA) is 6.48 Å². The molecule has 74 heavy (non-hydrogen) atoms. The predicted molar refractivity (Wildman–Crippen MR) is 324 cm³/mol. The number of anilines is 5. The van der Waals surface area contributed by atoms with Gasteiger partial charge in [-0.25, -0.2) is 0 Å². The van der Waals surface area contributed by atoms with Gasteiger partial charge in [-0.2, -0.15) is 0 Å². The van der Waals surface area contributed by atoms with Gasteiger partial charge in [-0.05, 0) is 204 Å². The van der Waals surface area contributed by atoms with Gasteiger partial charge in [-0.1, -0.05) is 178 Å². The Balaban J connectivity index is 1.25. The number of thiophene rings is 1. The van der Waals surface area contributed by atoms with Crippen molar-refractivity contribution in [3.63, 3.8) is 0 Å². The second-order valence-corrected chi connectivity index (χ2v) is 31.3. The molecule has 1 aromatic heterocycles. The average molecular weight is 997 g/mol. The third kappa shape index (κ3) is 7.50. The van der Waals surface area contributed by atoms with Crippen LogP contribution in [0, 0.1) is 16.7 Å². The zero-order chi connectivity index (χ0) is 52.8. The minimum absolute atomic E-state index is 0.0128. The minimum Gasteiger partial charge on any atom is -0.311 e. The Morgan fingerprint density at radius 2 is 1.08 bits per heavy atom. The summed E-state index contributed by atoms with van der Waals surface area (Å²) in [6, 6.07) is 37.2. The molecule has 0 bridgehead atoms. The molecular weight excluding hydrogens is 912 g/mol. The van der Waals surface area contributed by atoms with E-state index in [0.717, 1.165) is 6.42 Å². The molecule has 384 valence electrons. The normalized spacial score (nSPS) is 22.5. The molecule has 0 saturated heterocycles. The van der Waals surface area contributed by atoms with Crippen molar-refractivity contribution >= 4 is 66.8 Å². The highest BCUT2D eigenvalue weighted by Gasteiger charge is 2.53. The van der Waals surface area contributed by atoms with Crippen LogP contribution in [0.4, 0.5) is 27.8 Å². The van der Waals surface area contributed by atoms with Crippen molar-refractivity contribution in [3.05, 3.63) is 147 Å². The summed E-state index contributed by atoms with van der Waals surface area (Å²) in [6.45, 7) is 44.7. The largest absolute Gasteiger partial charge is 0.311 e. The van der Waals surface area contributed by atoms with Crippen molar-refractivity contribution in [1.29, 1.82) is 0 Å². The van der Waals surface area contributed by atoms with Crippen LogP contribution < -0.4 is 20.7 Å². The summed E-state index contributed by atoms with van der Waals surface area (Å²) in [5, 5.41) is 2.89. The van der Waals surface area contributed by atoms with Crippen LogP contribution in [0.15, 0.2) is 114 Å². The summed E-state index contributed by atoms with van der Waals surface area (Å²) < 4.78 is 1.44. The molecule has 12 rings (SSSR count). The second-order valence-electron chi connectivity index (χ2n) is 30.2. The SMILES string of the molecule is CC1(C)CCC(C)(C)C2CC3=C(C=C21)N(c1ccc(C(C)(C)C)cc1-c1ccccc1)c1cc(C(C)(C)C)cc2c1B3c1c(sc3cc4c(cc13)C(C)(C)CCC4(C)C)N2c1ccc2c(c1)C(C)(C)CCC2(C)C. The second kappa shape index (κ2) is 15.9. The maximum absolute atomic E-state index is 2.80. The molecule has 1 saturated carbocycles. The molecule has 4 heteroatoms. The first kappa shape index (κ1) is 50.0. The average Bonchev–Trinajstić information content (AvgIpc) is 3.77. The van der Waals surface area contributed by atoms with Gasteiger partial charge >= 0.3 is 0 Å². The van der Waals surface area contributed by atoms with E-state index in [9.17, 15) is 0 Å². The fraction of sp³-hybridized carbons (Fsp3) is 0.486. The number of hydrogen-bond acceptors (Lipinski definition) is 3. The van der Waals surface area contributed by atoms with Crippen LogP contribution in [0.1, 0.15) is 203 Å². The van der Waals surface area contributed by atoms with Crippen molar-refractivity contribution < 1.29 is 0 Å². The minimum atomic E-state index is -0.116. The summed E-state index contributed by atoms with van der Waals surface area (Å²) in [5.74, 6) is 0.452. The zero-order valence-corrected chi connectivity index (χ0v) is 49.5. The predicted octanol–water partition coefficient (Wildman–Crippen LogP) is 19.0. The van der Waals surface area contributed by atoms with Gasteiger partial charge in [0.1, 0.15) is 0 Å². The Morgan fingerprint density at radius 1 is 0.514 bits per heavy atom. The standard InChI is InChI=1S/C70H85BN2S/c1-63(2,3)43-24-27-55(46(34-43)42-22-20-19-21-23-42)73-56-40-52-51(68(13,14)31-32-69(52,15)16)39-54(56)71-60-47-38-50-53(70(17,18)33-30-67(50,11)12)41-59(47)74-62(60)72(57-35-44(64(4,5)6)36-58(73)61(57)71)45-25-26-48-49(37-45)66(9,10)29-28-65(48,7)8/h19-27,34-38,40-41,51H,28-33,39H2,1-18H3. The smallest absolute Gasteiger partial charge is 0.249 e. The fourth-order valence-electron chi connectivity index (χ4n) is 14.9. The molecule has 4 aliphatic carbocycles. The van der Waals surface area contributed by atoms with Crippen LogP contribution in [0.2, 0.25) is 0 Å². The van der Waals surface area contributed by atoms with Gasteiger partial charge in [-0.3, -0.25) is 0 Å². The van der Waals surface area contributed by atoms with E-state index < -0.39 is 0 Å². The van der Waals surface area contributed by atoms with E-state index in [4.69, 9.17) is 0 Å². The van der Waals surface area contributed by atoms with E-state index in [1.807, 2.05) is 0 Å². The van der Waals surface area contributed by atoms with Crippen molar-refractivity contribution in [2.45, 2.75) is 202 Å². The third-order valence-electron chi connectivity index (χ3n) is 20.4. The molecule has 0 amide bonds. The lowest BCUT2D eigenvalue weighted by Gasteiger charge is -2.54. The first-order chi connectivity index (χ1) is 34.4. The van der Waals surface area contributed by atoms with Gasteiger partial charge in [0.25, 0.3) is 0 Å². The quantitative estimate of drug-likeness (QED) is 0.163. The fourth-order valence-corrected chi connectivity index (χ4v) is 16.2. The number of allylic oxidation sites excluding steroid dienone is 3. The molecule has 3 heterocycles. The van der Waals surface area contributed by atoms with E-state index in [1.165, 1.54) is 126 Å². The lowest BCUT2D eigenvalue weighted by molar-refractivity contribution is 0.122. The maximum Gasteiger partial charge on any atom is 0.249 e. The highest BCUT2D eigenvalue weighted by molar-refractivity contribution is 7.26. The Bertz CT molecular complexity index is 3400. The Morgan fingerprint density at radius 3 is 1.70 bits per heavy atom. The van der Waals surface area contributed by atoms with E-state index in [-0.39, 0.29) is 50.0 Å². The maximum atomic E-state index is 2.80. The monoisotopic (exact) mass is 997 g/mol. The molecule has 0 spiro atoms. The third-order valence-corrected chi connectivity index (χ3v) is 21.5. The Hall–Kier alpha value is -4.80. The van der Waals surface area contributed by atoms with E-state index in [2.05, 4.69) is 243 Å². The summed E-state index contributed by atoms with van der Waals surface area (Å²) >= 11 is 2.08. The van der Waals surface area contributed by atoms with Crippen molar-refractivity contribution in [2.24, 2.45) is 16.7 Å². The summed E-state index contributed by atoms with van der Waals surface area (Å²) in [5.41, 5.74) is 24.9. The summed E-state index contributed by atoms with van der Waals surface area (Å²) in [6.07, 6.45) is 11.1. The lowest BCUT2D eigenvalue weighted by atomic mass is 9.31. The molecule has 1 unspecified atom stereocenters. The number of nitrogens with zero attached hydrogens (tertiary/aromatic N) is 2. The van der Waals surface area contributed by atoms with Gasteiger partial charge in [0.05, 0.1) is 10.7 Å². The highest BCUT2D eigenvalue weighted by Crippen LogP contribution is 2.61. The van der Waals surface area contributed by atoms with Crippen molar-refractivity contribution in [2.75, 3.05) is 9.80 Å². The number of fused-ring (bicyclic) bond motifs is 8.